The van der Waals surface area contributed by atoms with Crippen LogP contribution in [0.1, 0.15) is 11.6 Å². The summed E-state index contributed by atoms with van der Waals surface area (Å²) < 4.78 is 39.3. The highest BCUT2D eigenvalue weighted by atomic mass is 32.2. The van der Waals surface area contributed by atoms with Gasteiger partial charge >= 0.3 is 0 Å². The van der Waals surface area contributed by atoms with E-state index in [9.17, 15) is 8.42 Å². The lowest BCUT2D eigenvalue weighted by atomic mass is 10.1. The summed E-state index contributed by atoms with van der Waals surface area (Å²) in [6.07, 6.45) is 0. The molecule has 0 unspecified atom stereocenters. The molecule has 0 radical (unpaired) electrons. The molecule has 0 amide bonds. The second kappa shape index (κ2) is 8.38. The molecule has 0 saturated heterocycles. The zero-order chi connectivity index (χ0) is 20.3. The van der Waals surface area contributed by atoms with Crippen LogP contribution in [0, 0.1) is 0 Å². The number of nitrogens with one attached hydrogen (secondary N) is 2. The van der Waals surface area contributed by atoms with Gasteiger partial charge in [0.2, 0.25) is 10.0 Å². The lowest BCUT2D eigenvalue weighted by Crippen LogP contribution is -3.07. The summed E-state index contributed by atoms with van der Waals surface area (Å²) in [5, 5.41) is 0. The molecule has 2 aromatic carbocycles. The zero-order valence-corrected chi connectivity index (χ0v) is 17.5. The highest BCUT2D eigenvalue weighted by Gasteiger charge is 2.24. The zero-order valence-electron chi connectivity index (χ0n) is 16.7. The highest BCUT2D eigenvalue weighted by molar-refractivity contribution is 7.89. The molecule has 2 aromatic rings. The number of rotatable bonds is 7. The molecule has 3 rings (SSSR count). The van der Waals surface area contributed by atoms with E-state index < -0.39 is 10.0 Å². The molecule has 1 aliphatic rings. The Labute approximate surface area is 166 Å². The summed E-state index contributed by atoms with van der Waals surface area (Å²) in [7, 11) is 4.36. The van der Waals surface area contributed by atoms with Gasteiger partial charge in [0.1, 0.15) is 19.3 Å². The van der Waals surface area contributed by atoms with E-state index in [1.807, 2.05) is 57.4 Å². The topological polar surface area (TPSA) is 72.3 Å². The third-order valence-electron chi connectivity index (χ3n) is 4.81. The Morgan fingerprint density at radius 2 is 1.68 bits per heavy atom. The minimum absolute atomic E-state index is 0.0109. The number of quaternary nitrogens is 1. The number of nitrogens with zero attached hydrogens (tertiary/aromatic N) is 1. The molecule has 0 aromatic heterocycles. The number of benzene rings is 2. The van der Waals surface area contributed by atoms with Gasteiger partial charge < -0.3 is 19.3 Å². The molecule has 0 aliphatic carbocycles. The van der Waals surface area contributed by atoms with Crippen LogP contribution in [-0.4, -0.2) is 56.4 Å². The van der Waals surface area contributed by atoms with E-state index in [0.29, 0.717) is 31.3 Å². The third kappa shape index (κ3) is 4.57. The van der Waals surface area contributed by atoms with Gasteiger partial charge in [-0.1, -0.05) is 12.1 Å². The molecule has 1 atom stereocenters. The molecule has 0 fully saturated rings. The number of likely N-dealkylation sites (N-methyl/N-ethyl adjacent to an activating group) is 1. The largest absolute Gasteiger partial charge is 0.486 e. The van der Waals surface area contributed by atoms with Crippen molar-refractivity contribution in [3.05, 3.63) is 48.0 Å². The summed E-state index contributed by atoms with van der Waals surface area (Å²) in [6, 6.07) is 12.9. The van der Waals surface area contributed by atoms with Gasteiger partial charge in [-0.15, -0.1) is 0 Å². The van der Waals surface area contributed by atoms with Crippen LogP contribution in [0.2, 0.25) is 0 Å². The Bertz CT molecular complexity index is 912. The maximum atomic E-state index is 12.8. The molecule has 0 spiro atoms. The van der Waals surface area contributed by atoms with Crippen LogP contribution in [-0.2, 0) is 10.0 Å². The lowest BCUT2D eigenvalue weighted by molar-refractivity contribution is -0.890. The van der Waals surface area contributed by atoms with Crippen molar-refractivity contribution in [2.75, 3.05) is 52.8 Å². The molecule has 0 bridgehead atoms. The highest BCUT2D eigenvalue weighted by Crippen LogP contribution is 2.32. The second-order valence-corrected chi connectivity index (χ2v) is 9.04. The van der Waals surface area contributed by atoms with Crippen LogP contribution >= 0.6 is 0 Å². The van der Waals surface area contributed by atoms with Crippen LogP contribution in [0.25, 0.3) is 0 Å². The second-order valence-electron chi connectivity index (χ2n) is 7.27. The van der Waals surface area contributed by atoms with E-state index in [1.54, 1.807) is 12.1 Å². The number of hydrogen-bond donors (Lipinski definition) is 2. The van der Waals surface area contributed by atoms with E-state index in [-0.39, 0.29) is 10.9 Å². The maximum absolute atomic E-state index is 12.8. The fraction of sp³-hybridized carbons (Fsp3) is 0.400. The molecule has 152 valence electrons. The van der Waals surface area contributed by atoms with Gasteiger partial charge in [-0.05, 0) is 24.3 Å². The quantitative estimate of drug-likeness (QED) is 0.708. The Hall–Kier alpha value is -2.29. The van der Waals surface area contributed by atoms with Gasteiger partial charge in [0.15, 0.2) is 11.5 Å². The van der Waals surface area contributed by atoms with Crippen molar-refractivity contribution in [3.8, 4) is 11.5 Å². The van der Waals surface area contributed by atoms with Gasteiger partial charge in [-0.25, -0.2) is 13.1 Å². The van der Waals surface area contributed by atoms with Crippen molar-refractivity contribution in [1.29, 1.82) is 0 Å². The number of ether oxygens (including phenoxy) is 2. The van der Waals surface area contributed by atoms with Gasteiger partial charge in [0, 0.05) is 31.4 Å². The molecule has 7 nitrogen and oxygen atoms in total. The standard InChI is InChI=1S/C20H27N3O4S/c1-22(2)16-7-5-15(6-8-16)18(23(3)4)14-21-28(24,25)17-9-10-19-20(13-17)27-12-11-26-19/h5-10,13,18,21H,11-12,14H2,1-4H3/p+1/t18-/m0/s1. The Morgan fingerprint density at radius 1 is 1.04 bits per heavy atom. The Kier molecular flexibility index (Phi) is 6.12. The number of sulfonamides is 1. The number of fused-ring (bicyclic) bond motifs is 1. The van der Waals surface area contributed by atoms with Crippen molar-refractivity contribution in [2.24, 2.45) is 0 Å². The predicted octanol–water partition coefficient (Wildman–Crippen LogP) is 0.688. The predicted molar refractivity (Wildman–Crippen MR) is 109 cm³/mol. The van der Waals surface area contributed by atoms with Crippen LogP contribution in [0.15, 0.2) is 47.4 Å². The Balaban J connectivity index is 1.75. The third-order valence-corrected chi connectivity index (χ3v) is 6.23. The van der Waals surface area contributed by atoms with E-state index >= 15 is 0 Å². The van der Waals surface area contributed by atoms with Crippen LogP contribution < -0.4 is 24.0 Å². The van der Waals surface area contributed by atoms with Crippen LogP contribution in [0.5, 0.6) is 11.5 Å². The van der Waals surface area contributed by atoms with Gasteiger partial charge in [0.05, 0.1) is 25.5 Å². The van der Waals surface area contributed by atoms with Crippen LogP contribution in [0.3, 0.4) is 0 Å². The Morgan fingerprint density at radius 3 is 2.29 bits per heavy atom. The first-order valence-electron chi connectivity index (χ1n) is 9.24. The number of hydrogen-bond acceptors (Lipinski definition) is 5. The van der Waals surface area contributed by atoms with Crippen molar-refractivity contribution >= 4 is 15.7 Å². The van der Waals surface area contributed by atoms with E-state index in [1.165, 1.54) is 6.07 Å². The summed E-state index contributed by atoms with van der Waals surface area (Å²) in [5.41, 5.74) is 2.18. The minimum Gasteiger partial charge on any atom is -0.486 e. The number of anilines is 1. The maximum Gasteiger partial charge on any atom is 0.240 e. The molecule has 8 heteroatoms. The first-order valence-corrected chi connectivity index (χ1v) is 10.7. The normalized spacial score (nSPS) is 14.8. The van der Waals surface area contributed by atoms with Crippen molar-refractivity contribution < 1.29 is 22.8 Å². The molecular formula is C20H28N3O4S+. The smallest absolute Gasteiger partial charge is 0.240 e. The van der Waals surface area contributed by atoms with Gasteiger partial charge in [-0.2, -0.15) is 0 Å². The SMILES string of the molecule is CN(C)c1ccc([C@H](CNS(=O)(=O)c2ccc3c(c2)OCCO3)[NH+](C)C)cc1. The monoisotopic (exact) mass is 406 g/mol. The van der Waals surface area contributed by atoms with Crippen LogP contribution in [0.4, 0.5) is 5.69 Å². The minimum atomic E-state index is -3.66. The van der Waals surface area contributed by atoms with E-state index in [0.717, 1.165) is 16.2 Å². The first-order chi connectivity index (χ1) is 13.3. The summed E-state index contributed by atoms with van der Waals surface area (Å²) in [6.45, 7) is 1.18. The average molecular weight is 407 g/mol. The van der Waals surface area contributed by atoms with Gasteiger partial charge in [0.25, 0.3) is 0 Å². The molecule has 28 heavy (non-hydrogen) atoms. The fourth-order valence-corrected chi connectivity index (χ4v) is 4.19. The summed E-state index contributed by atoms with van der Waals surface area (Å²) >= 11 is 0. The van der Waals surface area contributed by atoms with E-state index in [2.05, 4.69) is 4.72 Å². The molecule has 1 aliphatic heterocycles. The summed E-state index contributed by atoms with van der Waals surface area (Å²) in [4.78, 5) is 3.35. The van der Waals surface area contributed by atoms with E-state index in [4.69, 9.17) is 9.47 Å². The lowest BCUT2D eigenvalue weighted by Gasteiger charge is -2.23. The molecular weight excluding hydrogens is 378 g/mol. The average Bonchev–Trinajstić information content (AvgIpc) is 2.67. The summed E-state index contributed by atoms with van der Waals surface area (Å²) in [5.74, 6) is 1.03. The van der Waals surface area contributed by atoms with Crippen molar-refractivity contribution in [3.63, 3.8) is 0 Å². The van der Waals surface area contributed by atoms with Crippen molar-refractivity contribution in [2.45, 2.75) is 10.9 Å². The van der Waals surface area contributed by atoms with Gasteiger partial charge in [-0.3, -0.25) is 0 Å². The molecule has 0 saturated carbocycles. The fourth-order valence-electron chi connectivity index (χ4n) is 3.13. The van der Waals surface area contributed by atoms with Crippen molar-refractivity contribution in [1.82, 2.24) is 4.72 Å². The first kappa shape index (κ1) is 20.4. The molecule has 2 N–H and O–H groups in total. The molecule has 1 heterocycles.